The molecule has 1 aromatic heterocycles. The lowest BCUT2D eigenvalue weighted by Crippen LogP contribution is -2.19. The van der Waals surface area contributed by atoms with E-state index in [0.717, 1.165) is 18.2 Å². The standard InChI is InChI=1S/C20H4F10N2O2/c21-9-7(10(22)14(26)17(29)13(9)25)19(33)31-4-1-2-6-5(3-4)32-20(34-6)8-11(23)15(27)18(30)16(28)12(8)24/h1-3H,(H,31,33). The SMILES string of the molecule is O=C(Nc1ccc2oc(-c3c(F)c(F)c(F)c(F)c3F)nc2c1)c1c(F)c(F)c(F)c(F)c1F. The molecule has 176 valence electrons. The van der Waals surface area contributed by atoms with Gasteiger partial charge < -0.3 is 9.73 Å². The monoisotopic (exact) mass is 494 g/mol. The normalized spacial score (nSPS) is 11.4. The summed E-state index contributed by atoms with van der Waals surface area (Å²) in [4.78, 5) is 15.7. The van der Waals surface area contributed by atoms with Gasteiger partial charge in [0.05, 0.1) is 0 Å². The molecule has 0 spiro atoms. The van der Waals surface area contributed by atoms with E-state index in [9.17, 15) is 48.7 Å². The maximum atomic E-state index is 14.0. The Kier molecular flexibility index (Phi) is 5.45. The lowest BCUT2D eigenvalue weighted by molar-refractivity contribution is 0.101. The van der Waals surface area contributed by atoms with Crippen LogP contribution >= 0.6 is 0 Å². The number of rotatable bonds is 3. The fourth-order valence-electron chi connectivity index (χ4n) is 2.90. The molecule has 4 rings (SSSR count). The van der Waals surface area contributed by atoms with Crippen molar-refractivity contribution in [1.29, 1.82) is 0 Å². The van der Waals surface area contributed by atoms with Crippen LogP contribution in [0.5, 0.6) is 0 Å². The van der Waals surface area contributed by atoms with Crippen LogP contribution in [0.15, 0.2) is 22.6 Å². The fraction of sp³-hybridized carbons (Fsp3) is 0. The molecule has 4 nitrogen and oxygen atoms in total. The second-order valence-electron chi connectivity index (χ2n) is 6.55. The lowest BCUT2D eigenvalue weighted by atomic mass is 10.1. The third-order valence-electron chi connectivity index (χ3n) is 4.51. The second kappa shape index (κ2) is 8.04. The molecule has 0 radical (unpaired) electrons. The van der Waals surface area contributed by atoms with Crippen LogP contribution in [-0.2, 0) is 0 Å². The summed E-state index contributed by atoms with van der Waals surface area (Å²) in [5.41, 5.74) is -4.26. The van der Waals surface area contributed by atoms with Gasteiger partial charge in [-0.25, -0.2) is 48.9 Å². The van der Waals surface area contributed by atoms with Crippen LogP contribution in [-0.4, -0.2) is 10.9 Å². The van der Waals surface area contributed by atoms with Crippen molar-refractivity contribution in [3.63, 3.8) is 0 Å². The predicted molar refractivity (Wildman–Crippen MR) is 93.4 cm³/mol. The Morgan fingerprint density at radius 1 is 0.676 bits per heavy atom. The van der Waals surface area contributed by atoms with Crippen molar-refractivity contribution in [2.45, 2.75) is 0 Å². The van der Waals surface area contributed by atoms with Crippen molar-refractivity contribution in [2.24, 2.45) is 0 Å². The first-order chi connectivity index (χ1) is 15.9. The molecule has 4 aromatic rings. The van der Waals surface area contributed by atoms with E-state index >= 15 is 0 Å². The number of amides is 1. The molecule has 0 aliphatic heterocycles. The molecule has 0 aliphatic carbocycles. The van der Waals surface area contributed by atoms with Gasteiger partial charge >= 0.3 is 0 Å². The molecule has 1 heterocycles. The van der Waals surface area contributed by atoms with E-state index in [1.54, 1.807) is 0 Å². The number of hydrogen-bond acceptors (Lipinski definition) is 3. The number of oxazole rings is 1. The van der Waals surface area contributed by atoms with Gasteiger partial charge in [0.1, 0.15) is 16.6 Å². The van der Waals surface area contributed by atoms with E-state index < -0.39 is 81.1 Å². The van der Waals surface area contributed by atoms with Crippen LogP contribution in [0.3, 0.4) is 0 Å². The summed E-state index contributed by atoms with van der Waals surface area (Å²) in [6, 6.07) is 2.82. The molecule has 0 fully saturated rings. The van der Waals surface area contributed by atoms with Gasteiger partial charge in [-0.05, 0) is 18.2 Å². The average Bonchev–Trinajstić information content (AvgIpc) is 3.21. The maximum absolute atomic E-state index is 14.0. The number of anilines is 1. The highest BCUT2D eigenvalue weighted by Gasteiger charge is 2.31. The largest absolute Gasteiger partial charge is 0.436 e. The molecule has 3 aromatic carbocycles. The minimum Gasteiger partial charge on any atom is -0.436 e. The molecular formula is C20H4F10N2O2. The zero-order valence-corrected chi connectivity index (χ0v) is 15.8. The van der Waals surface area contributed by atoms with Crippen LogP contribution in [0.4, 0.5) is 49.6 Å². The van der Waals surface area contributed by atoms with Crippen LogP contribution in [0, 0.1) is 58.2 Å². The Morgan fingerprint density at radius 3 is 1.68 bits per heavy atom. The number of nitrogens with zero attached hydrogens (tertiary/aromatic N) is 1. The number of halogens is 10. The third-order valence-corrected chi connectivity index (χ3v) is 4.51. The number of carbonyl (C=O) groups excluding carboxylic acids is 1. The highest BCUT2D eigenvalue weighted by atomic mass is 19.2. The summed E-state index contributed by atoms with van der Waals surface area (Å²) >= 11 is 0. The number of aromatic nitrogens is 1. The summed E-state index contributed by atoms with van der Waals surface area (Å²) in [6.07, 6.45) is 0. The van der Waals surface area contributed by atoms with Crippen LogP contribution in [0.1, 0.15) is 10.4 Å². The van der Waals surface area contributed by atoms with Crippen LogP contribution < -0.4 is 5.32 Å². The molecule has 0 atom stereocenters. The molecule has 0 saturated carbocycles. The van der Waals surface area contributed by atoms with E-state index in [0.29, 0.717) is 0 Å². The number of benzene rings is 3. The van der Waals surface area contributed by atoms with E-state index in [-0.39, 0.29) is 16.8 Å². The lowest BCUT2D eigenvalue weighted by Gasteiger charge is -2.09. The summed E-state index contributed by atoms with van der Waals surface area (Å²) in [6.45, 7) is 0. The first kappa shape index (κ1) is 23.1. The minimum atomic E-state index is -2.48. The molecule has 0 bridgehead atoms. The second-order valence-corrected chi connectivity index (χ2v) is 6.55. The Labute approximate surface area is 180 Å². The van der Waals surface area contributed by atoms with Crippen molar-refractivity contribution < 1.29 is 53.1 Å². The highest BCUT2D eigenvalue weighted by molar-refractivity contribution is 6.05. The number of nitrogens with one attached hydrogen (secondary N) is 1. The summed E-state index contributed by atoms with van der Waals surface area (Å²) in [7, 11) is 0. The molecule has 1 N–H and O–H groups in total. The number of hydrogen-bond donors (Lipinski definition) is 1. The summed E-state index contributed by atoms with van der Waals surface area (Å²) in [5.74, 6) is -26.2. The van der Waals surface area contributed by atoms with Gasteiger partial charge in [-0.2, -0.15) is 0 Å². The van der Waals surface area contributed by atoms with Gasteiger partial charge in [0.25, 0.3) is 5.91 Å². The smallest absolute Gasteiger partial charge is 0.261 e. The first-order valence-electron chi connectivity index (χ1n) is 8.69. The maximum Gasteiger partial charge on any atom is 0.261 e. The molecule has 0 aliphatic rings. The number of fused-ring (bicyclic) bond motifs is 1. The van der Waals surface area contributed by atoms with Gasteiger partial charge in [-0.15, -0.1) is 0 Å². The van der Waals surface area contributed by atoms with Crippen molar-refractivity contribution >= 4 is 22.7 Å². The van der Waals surface area contributed by atoms with Gasteiger partial charge in [-0.1, -0.05) is 0 Å². The third kappa shape index (κ3) is 3.41. The molecule has 0 saturated heterocycles. The van der Waals surface area contributed by atoms with Gasteiger partial charge in [0.15, 0.2) is 52.1 Å². The molecule has 14 heteroatoms. The van der Waals surface area contributed by atoms with Crippen LogP contribution in [0.2, 0.25) is 0 Å². The van der Waals surface area contributed by atoms with E-state index in [1.165, 1.54) is 0 Å². The molecule has 0 unspecified atom stereocenters. The Hall–Kier alpha value is -4.10. The molecular weight excluding hydrogens is 490 g/mol. The Bertz CT molecular complexity index is 1460. The van der Waals surface area contributed by atoms with Gasteiger partial charge in [-0.3, -0.25) is 4.79 Å². The quantitative estimate of drug-likeness (QED) is 0.212. The highest BCUT2D eigenvalue weighted by Crippen LogP contribution is 2.33. The summed E-state index contributed by atoms with van der Waals surface area (Å²) in [5, 5.41) is 1.83. The number of carbonyl (C=O) groups is 1. The van der Waals surface area contributed by atoms with E-state index in [4.69, 9.17) is 4.42 Å². The zero-order chi connectivity index (χ0) is 25.1. The minimum absolute atomic E-state index is 0.284. The van der Waals surface area contributed by atoms with Gasteiger partial charge in [0.2, 0.25) is 17.5 Å². The predicted octanol–water partition coefficient (Wildman–Crippen LogP) is 6.14. The molecule has 1 amide bonds. The fourth-order valence-corrected chi connectivity index (χ4v) is 2.90. The molecule has 34 heavy (non-hydrogen) atoms. The van der Waals surface area contributed by atoms with E-state index in [2.05, 4.69) is 4.98 Å². The van der Waals surface area contributed by atoms with Gasteiger partial charge in [0, 0.05) is 5.69 Å². The van der Waals surface area contributed by atoms with Crippen molar-refractivity contribution in [3.8, 4) is 11.5 Å². The first-order valence-corrected chi connectivity index (χ1v) is 8.69. The summed E-state index contributed by atoms with van der Waals surface area (Å²) < 4.78 is 140. The van der Waals surface area contributed by atoms with E-state index in [1.807, 2.05) is 5.32 Å². The van der Waals surface area contributed by atoms with Crippen molar-refractivity contribution in [1.82, 2.24) is 4.98 Å². The average molecular weight is 494 g/mol. The Balaban J connectivity index is 1.74. The Morgan fingerprint density at radius 2 is 1.15 bits per heavy atom. The zero-order valence-electron chi connectivity index (χ0n) is 15.8. The van der Waals surface area contributed by atoms with Crippen LogP contribution in [0.25, 0.3) is 22.6 Å². The topological polar surface area (TPSA) is 55.1 Å². The van der Waals surface area contributed by atoms with Crippen molar-refractivity contribution in [2.75, 3.05) is 5.32 Å². The van der Waals surface area contributed by atoms with Crippen molar-refractivity contribution in [3.05, 3.63) is 81.9 Å².